The van der Waals surface area contributed by atoms with Crippen molar-refractivity contribution in [2.24, 2.45) is 0 Å². The Kier molecular flexibility index (Phi) is 22.9. The van der Waals surface area contributed by atoms with Crippen molar-refractivity contribution in [3.8, 4) is 0 Å². The van der Waals surface area contributed by atoms with Crippen molar-refractivity contribution in [3.63, 3.8) is 0 Å². The second-order valence-electron chi connectivity index (χ2n) is 6.56. The van der Waals surface area contributed by atoms with E-state index in [4.69, 9.17) is 21.1 Å². The van der Waals surface area contributed by atoms with E-state index in [0.717, 1.165) is 25.5 Å². The first-order valence-electron chi connectivity index (χ1n) is 10.3. The Hall–Kier alpha value is -0.0500. The van der Waals surface area contributed by atoms with Crippen LogP contribution in [0.1, 0.15) is 96.8 Å². The Morgan fingerprint density at radius 1 is 0.625 bits per heavy atom. The van der Waals surface area contributed by atoms with E-state index in [9.17, 15) is 0 Å². The van der Waals surface area contributed by atoms with Gasteiger partial charge in [0.25, 0.3) is 0 Å². The molecule has 0 aromatic heterocycles. The van der Waals surface area contributed by atoms with Crippen LogP contribution in [-0.4, -0.2) is 25.9 Å². The van der Waals surface area contributed by atoms with Gasteiger partial charge in [0.05, 0.1) is 6.61 Å². The maximum atomic E-state index is 5.66. The van der Waals surface area contributed by atoms with Gasteiger partial charge in [-0.15, -0.1) is 11.6 Å². The minimum absolute atomic E-state index is 0.450. The van der Waals surface area contributed by atoms with E-state index < -0.39 is 0 Å². The predicted molar refractivity (Wildman–Crippen MR) is 107 cm³/mol. The van der Waals surface area contributed by atoms with E-state index in [1.54, 1.807) is 0 Å². The van der Waals surface area contributed by atoms with E-state index in [0.29, 0.717) is 6.79 Å². The van der Waals surface area contributed by atoms with Gasteiger partial charge >= 0.3 is 0 Å². The molecule has 0 atom stereocenters. The Morgan fingerprint density at radius 2 is 1.21 bits per heavy atom. The van der Waals surface area contributed by atoms with E-state index in [1.165, 1.54) is 83.5 Å². The largest absolute Gasteiger partial charge is 0.355 e. The number of rotatable bonds is 20. The fraction of sp³-hybridized carbons (Fsp3) is 0.905. The molecule has 0 radical (unpaired) electrons. The van der Waals surface area contributed by atoms with Crippen LogP contribution in [0.15, 0.2) is 12.2 Å². The summed E-state index contributed by atoms with van der Waals surface area (Å²) in [6, 6.07) is 0. The van der Waals surface area contributed by atoms with Crippen molar-refractivity contribution in [3.05, 3.63) is 12.2 Å². The normalized spacial score (nSPS) is 11.6. The molecule has 0 bridgehead atoms. The molecule has 0 aromatic carbocycles. The number of halogens is 1. The van der Waals surface area contributed by atoms with Crippen LogP contribution in [-0.2, 0) is 9.47 Å². The Bertz CT molecular complexity index is 244. The highest BCUT2D eigenvalue weighted by atomic mass is 35.5. The van der Waals surface area contributed by atoms with Gasteiger partial charge < -0.3 is 9.47 Å². The summed E-state index contributed by atoms with van der Waals surface area (Å²) in [5, 5.41) is 0. The molecular formula is C21H41ClO2. The third-order valence-corrected chi connectivity index (χ3v) is 4.43. The molecule has 24 heavy (non-hydrogen) atoms. The first-order valence-corrected chi connectivity index (χ1v) is 10.8. The highest BCUT2D eigenvalue weighted by Gasteiger charge is 1.92. The van der Waals surface area contributed by atoms with E-state index in [2.05, 4.69) is 19.1 Å². The number of hydrogen-bond acceptors (Lipinski definition) is 2. The van der Waals surface area contributed by atoms with Crippen LogP contribution in [0.4, 0.5) is 0 Å². The standard InChI is InChI=1S/C21H41ClO2/c1-2-3-4-5-13-16-19-23-21-24-20-17-14-11-9-7-6-8-10-12-15-18-22/h11,14H,2-10,12-13,15-21H2,1H3. The molecule has 0 aliphatic carbocycles. The maximum absolute atomic E-state index is 5.66. The summed E-state index contributed by atoms with van der Waals surface area (Å²) in [5.74, 6) is 0.814. The monoisotopic (exact) mass is 360 g/mol. The second-order valence-corrected chi connectivity index (χ2v) is 6.94. The summed E-state index contributed by atoms with van der Waals surface area (Å²) in [7, 11) is 0. The minimum atomic E-state index is 0.450. The van der Waals surface area contributed by atoms with E-state index >= 15 is 0 Å². The molecule has 0 saturated heterocycles. The molecule has 0 unspecified atom stereocenters. The third-order valence-electron chi connectivity index (χ3n) is 4.16. The molecule has 0 fully saturated rings. The van der Waals surface area contributed by atoms with Crippen LogP contribution in [0.2, 0.25) is 0 Å². The molecule has 3 heteroatoms. The van der Waals surface area contributed by atoms with Crippen LogP contribution in [0.5, 0.6) is 0 Å². The molecule has 0 rings (SSSR count). The van der Waals surface area contributed by atoms with Gasteiger partial charge in [0.15, 0.2) is 0 Å². The SMILES string of the molecule is CCCCCCCCOCOCCC=CCCCCCCCCCl. The minimum Gasteiger partial charge on any atom is -0.355 e. The number of hydrogen-bond donors (Lipinski definition) is 0. The van der Waals surface area contributed by atoms with Crippen LogP contribution >= 0.6 is 11.6 Å². The van der Waals surface area contributed by atoms with Gasteiger partial charge in [-0.05, 0) is 32.1 Å². The van der Waals surface area contributed by atoms with Crippen molar-refractivity contribution in [2.45, 2.75) is 96.8 Å². The summed E-state index contributed by atoms with van der Waals surface area (Å²) < 4.78 is 11.0. The van der Waals surface area contributed by atoms with Crippen LogP contribution in [0, 0.1) is 0 Å². The van der Waals surface area contributed by atoms with Crippen molar-refractivity contribution in [1.29, 1.82) is 0 Å². The molecule has 0 amide bonds. The topological polar surface area (TPSA) is 18.5 Å². The number of unbranched alkanes of at least 4 members (excludes halogenated alkanes) is 11. The van der Waals surface area contributed by atoms with Crippen molar-refractivity contribution in [1.82, 2.24) is 0 Å². The maximum Gasteiger partial charge on any atom is 0.146 e. The fourth-order valence-corrected chi connectivity index (χ4v) is 2.80. The predicted octanol–water partition coefficient (Wildman–Crippen LogP) is 7.25. The zero-order chi connectivity index (χ0) is 17.6. The molecule has 0 aliphatic rings. The van der Waals surface area contributed by atoms with Gasteiger partial charge in [0, 0.05) is 12.5 Å². The molecule has 144 valence electrons. The van der Waals surface area contributed by atoms with Crippen LogP contribution < -0.4 is 0 Å². The van der Waals surface area contributed by atoms with Gasteiger partial charge in [-0.3, -0.25) is 0 Å². The van der Waals surface area contributed by atoms with Gasteiger partial charge in [-0.25, -0.2) is 0 Å². The van der Waals surface area contributed by atoms with Gasteiger partial charge in [0.2, 0.25) is 0 Å². The van der Waals surface area contributed by atoms with E-state index in [1.807, 2.05) is 0 Å². The first kappa shape index (κ1) is 23.9. The van der Waals surface area contributed by atoms with Crippen molar-refractivity contribution < 1.29 is 9.47 Å². The molecule has 0 aliphatic heterocycles. The fourth-order valence-electron chi connectivity index (χ4n) is 2.61. The van der Waals surface area contributed by atoms with Crippen molar-refractivity contribution >= 4 is 11.6 Å². The molecule has 0 spiro atoms. The lowest BCUT2D eigenvalue weighted by atomic mass is 10.1. The van der Waals surface area contributed by atoms with Gasteiger partial charge in [-0.1, -0.05) is 76.9 Å². The summed E-state index contributed by atoms with van der Waals surface area (Å²) in [5.41, 5.74) is 0. The summed E-state index contributed by atoms with van der Waals surface area (Å²) in [6.07, 6.45) is 22.4. The van der Waals surface area contributed by atoms with E-state index in [-0.39, 0.29) is 0 Å². The molecular weight excluding hydrogens is 320 g/mol. The zero-order valence-corrected chi connectivity index (χ0v) is 16.8. The summed E-state index contributed by atoms with van der Waals surface area (Å²) in [6.45, 7) is 4.31. The molecule has 0 aromatic rings. The first-order chi connectivity index (χ1) is 11.9. The average molecular weight is 361 g/mol. The number of allylic oxidation sites excluding steroid dienone is 1. The molecule has 0 saturated carbocycles. The zero-order valence-electron chi connectivity index (χ0n) is 16.1. The van der Waals surface area contributed by atoms with Crippen molar-refractivity contribution in [2.75, 3.05) is 25.9 Å². The van der Waals surface area contributed by atoms with Gasteiger partial charge in [-0.2, -0.15) is 0 Å². The van der Waals surface area contributed by atoms with Crippen LogP contribution in [0.25, 0.3) is 0 Å². The lowest BCUT2D eigenvalue weighted by molar-refractivity contribution is -0.0531. The smallest absolute Gasteiger partial charge is 0.146 e. The Labute approximate surface area is 156 Å². The average Bonchev–Trinajstić information content (AvgIpc) is 2.60. The van der Waals surface area contributed by atoms with Gasteiger partial charge in [0.1, 0.15) is 6.79 Å². The lowest BCUT2D eigenvalue weighted by Gasteiger charge is -2.04. The lowest BCUT2D eigenvalue weighted by Crippen LogP contribution is -2.02. The quantitative estimate of drug-likeness (QED) is 0.0984. The molecule has 0 heterocycles. The molecule has 0 N–H and O–H groups in total. The highest BCUT2D eigenvalue weighted by molar-refractivity contribution is 6.17. The number of alkyl halides is 1. The summed E-state index contributed by atoms with van der Waals surface area (Å²) in [4.78, 5) is 0. The molecule has 2 nitrogen and oxygen atoms in total. The Balaban J connectivity index is 3.03. The number of ether oxygens (including phenoxy) is 2. The third kappa shape index (κ3) is 21.9. The Morgan fingerprint density at radius 3 is 1.96 bits per heavy atom. The van der Waals surface area contributed by atoms with Crippen LogP contribution in [0.3, 0.4) is 0 Å². The highest BCUT2D eigenvalue weighted by Crippen LogP contribution is 2.08. The summed E-state index contributed by atoms with van der Waals surface area (Å²) >= 11 is 5.66. The second kappa shape index (κ2) is 22.9.